The van der Waals surface area contributed by atoms with E-state index in [1.165, 1.54) is 17.4 Å². The predicted octanol–water partition coefficient (Wildman–Crippen LogP) is 4.94. The second-order valence-electron chi connectivity index (χ2n) is 11.3. The van der Waals surface area contributed by atoms with E-state index in [2.05, 4.69) is 11.6 Å². The van der Waals surface area contributed by atoms with Crippen molar-refractivity contribution in [3.8, 4) is 0 Å². The zero-order chi connectivity index (χ0) is 27.5. The fourth-order valence-corrected chi connectivity index (χ4v) is 5.66. The molecule has 2 fully saturated rings. The third-order valence-corrected chi connectivity index (χ3v) is 8.67. The van der Waals surface area contributed by atoms with Crippen molar-refractivity contribution < 1.29 is 33.7 Å². The number of fused-ring (bicyclic) bond motifs is 1. The van der Waals surface area contributed by atoms with Gasteiger partial charge in [0.2, 0.25) is 0 Å². The third-order valence-electron chi connectivity index (χ3n) is 7.88. The number of aromatic nitrogens is 1. The number of carbonyl (C=O) groups is 2. The van der Waals surface area contributed by atoms with Crippen molar-refractivity contribution in [3.05, 3.63) is 34.6 Å². The number of hydrogen-bond donors (Lipinski definition) is 2. The Balaban J connectivity index is 1.88. The van der Waals surface area contributed by atoms with E-state index in [9.17, 15) is 19.8 Å². The van der Waals surface area contributed by atoms with Crippen LogP contribution in [0, 0.1) is 24.2 Å². The molecule has 0 spiro atoms. The van der Waals surface area contributed by atoms with Gasteiger partial charge in [0.25, 0.3) is 0 Å². The number of epoxide rings is 1. The van der Waals surface area contributed by atoms with Crippen molar-refractivity contribution in [3.63, 3.8) is 0 Å². The Kier molecular flexibility index (Phi) is 9.48. The molecule has 7 atom stereocenters. The smallest absolute Gasteiger partial charge is 0.309 e. The maximum Gasteiger partial charge on any atom is 0.309 e. The molecule has 0 aliphatic carbocycles. The minimum atomic E-state index is -1.38. The van der Waals surface area contributed by atoms with Crippen LogP contribution < -0.4 is 0 Å². The van der Waals surface area contributed by atoms with Gasteiger partial charge >= 0.3 is 5.97 Å². The van der Waals surface area contributed by atoms with E-state index in [-0.39, 0.29) is 30.6 Å². The average molecular weight is 538 g/mol. The second kappa shape index (κ2) is 11.8. The summed E-state index contributed by atoms with van der Waals surface area (Å²) in [5, 5.41) is 24.5. The largest absolute Gasteiger partial charge is 0.455 e. The van der Waals surface area contributed by atoms with Gasteiger partial charge in [-0.2, -0.15) is 0 Å². The van der Waals surface area contributed by atoms with Crippen molar-refractivity contribution in [2.45, 2.75) is 103 Å². The lowest BCUT2D eigenvalue weighted by molar-refractivity contribution is -0.155. The Morgan fingerprint density at radius 3 is 2.65 bits per heavy atom. The number of esters is 1. The quantitative estimate of drug-likeness (QED) is 0.318. The highest BCUT2D eigenvalue weighted by atomic mass is 32.1. The van der Waals surface area contributed by atoms with Crippen molar-refractivity contribution in [1.82, 2.24) is 4.98 Å². The van der Waals surface area contributed by atoms with Gasteiger partial charge in [0.05, 0.1) is 46.5 Å². The molecule has 9 heteroatoms. The summed E-state index contributed by atoms with van der Waals surface area (Å²) in [5.74, 6) is -2.75. The van der Waals surface area contributed by atoms with E-state index in [0.717, 1.165) is 11.4 Å². The van der Waals surface area contributed by atoms with Crippen molar-refractivity contribution >= 4 is 29.2 Å². The molecule has 2 aliphatic rings. The Bertz CT molecular complexity index is 1020. The summed E-state index contributed by atoms with van der Waals surface area (Å²) in [4.78, 5) is 30.6. The van der Waals surface area contributed by atoms with Crippen LogP contribution in [-0.4, -0.2) is 57.0 Å². The lowest BCUT2D eigenvalue weighted by Crippen LogP contribution is -2.46. The first-order valence-corrected chi connectivity index (χ1v) is 13.8. The monoisotopic (exact) mass is 537 g/mol. The van der Waals surface area contributed by atoms with Gasteiger partial charge in [-0.15, -0.1) is 17.9 Å². The molecule has 1 aromatic rings. The number of aryl methyl sites for hydroxylation is 1. The number of carbonyl (C=O) groups excluding carboxylic acids is 2. The number of thiazole rings is 1. The zero-order valence-electron chi connectivity index (χ0n) is 22.4. The second-order valence-corrected chi connectivity index (χ2v) is 12.3. The predicted molar refractivity (Wildman–Crippen MR) is 140 cm³/mol. The molecular weight excluding hydrogens is 497 g/mol. The van der Waals surface area contributed by atoms with E-state index >= 15 is 4.39 Å². The first kappa shape index (κ1) is 29.6. The molecule has 0 bridgehead atoms. The highest BCUT2D eigenvalue weighted by Crippen LogP contribution is 2.45. The Labute approximate surface area is 222 Å². The zero-order valence-corrected chi connectivity index (χ0v) is 23.2. The van der Waals surface area contributed by atoms with Gasteiger partial charge < -0.3 is 19.7 Å². The molecule has 0 aromatic carbocycles. The molecule has 206 valence electrons. The van der Waals surface area contributed by atoms with Gasteiger partial charge in [0.15, 0.2) is 6.10 Å². The maximum atomic E-state index is 15.3. The van der Waals surface area contributed by atoms with Gasteiger partial charge in [-0.1, -0.05) is 33.3 Å². The highest BCUT2D eigenvalue weighted by Gasteiger charge is 2.53. The first-order chi connectivity index (χ1) is 17.3. The molecule has 37 heavy (non-hydrogen) atoms. The summed E-state index contributed by atoms with van der Waals surface area (Å²) < 4.78 is 26.8. The van der Waals surface area contributed by atoms with Gasteiger partial charge in [0, 0.05) is 17.7 Å². The van der Waals surface area contributed by atoms with Crippen molar-refractivity contribution in [1.29, 1.82) is 0 Å². The summed E-state index contributed by atoms with van der Waals surface area (Å²) >= 11 is 1.39. The molecule has 0 radical (unpaired) electrons. The molecule has 2 saturated heterocycles. The number of halogens is 1. The van der Waals surface area contributed by atoms with Gasteiger partial charge in [-0.05, 0) is 45.1 Å². The van der Waals surface area contributed by atoms with E-state index in [1.54, 1.807) is 25.3 Å². The van der Waals surface area contributed by atoms with Crippen LogP contribution in [0.15, 0.2) is 23.9 Å². The third kappa shape index (κ3) is 7.13. The number of ether oxygens (including phenoxy) is 2. The molecule has 0 saturated carbocycles. The van der Waals surface area contributed by atoms with Gasteiger partial charge in [-0.3, -0.25) is 9.59 Å². The van der Waals surface area contributed by atoms with Crippen LogP contribution in [0.25, 0.3) is 6.08 Å². The number of ketones is 1. The Hall–Kier alpha value is -1.94. The summed E-state index contributed by atoms with van der Waals surface area (Å²) in [7, 11) is 0. The molecule has 3 heterocycles. The Morgan fingerprint density at radius 1 is 1.32 bits per heavy atom. The molecule has 2 N–H and O–H groups in total. The number of aliphatic hydroxyl groups is 2. The van der Waals surface area contributed by atoms with Crippen LogP contribution in [0.3, 0.4) is 0 Å². The number of allylic oxidation sites excluding steroid dienone is 1. The fourth-order valence-electron chi connectivity index (χ4n) is 5.09. The molecule has 2 aliphatic heterocycles. The van der Waals surface area contributed by atoms with E-state index in [0.29, 0.717) is 18.5 Å². The van der Waals surface area contributed by atoms with Gasteiger partial charge in [-0.25, -0.2) is 9.37 Å². The lowest BCUT2D eigenvalue weighted by atomic mass is 9.71. The molecule has 0 amide bonds. The minimum Gasteiger partial charge on any atom is -0.455 e. The number of cyclic esters (lactones) is 1. The molecule has 1 aromatic heterocycles. The first-order valence-electron chi connectivity index (χ1n) is 13.0. The summed E-state index contributed by atoms with van der Waals surface area (Å²) in [6, 6.07) is 0. The number of Topliss-reactive ketones (excluding diaryl/α,β-unsaturated/α-hetero) is 1. The maximum absolute atomic E-state index is 15.3. The van der Waals surface area contributed by atoms with Crippen molar-refractivity contribution in [2.24, 2.45) is 17.3 Å². The van der Waals surface area contributed by atoms with Gasteiger partial charge in [0.1, 0.15) is 11.6 Å². The fraction of sp³-hybridized carbons (Fsp3) is 0.679. The van der Waals surface area contributed by atoms with Crippen LogP contribution >= 0.6 is 11.3 Å². The standard InChI is InChI=1S/C28H40FNO6S/c1-7-9-19-25(33)16(2)10-8-11-28(6)23(36-28)13-21(20(29)12-18-15-37-17(3)30-18)35-24(32)14-22(31)27(4,5)26(19)34/h7,12,15-16,19,21-23,25,31,33H,1,8-11,13-14H2,2-6H3/b20-12+/t16-,19+,21-,22-,23-,25-,28+/m0/s1. The number of hydrogen-bond acceptors (Lipinski definition) is 8. The van der Waals surface area contributed by atoms with Crippen LogP contribution in [0.1, 0.15) is 76.9 Å². The van der Waals surface area contributed by atoms with E-state index in [4.69, 9.17) is 9.47 Å². The van der Waals surface area contributed by atoms with Crippen LogP contribution in [-0.2, 0) is 19.1 Å². The molecular formula is C28H40FNO6S. The molecule has 3 rings (SSSR count). The number of aliphatic hydroxyl groups excluding tert-OH is 2. The number of rotatable bonds is 4. The van der Waals surface area contributed by atoms with Crippen LogP contribution in [0.2, 0.25) is 0 Å². The SMILES string of the molecule is C=CC[C@H]1C(=O)C(C)(C)[C@@H](O)CC(=O)O[C@H](/C(F)=C\c2csc(C)n2)C[C@@H]2O[C@]2(C)CCC[C@H](C)[C@@H]1O. The highest BCUT2D eigenvalue weighted by molar-refractivity contribution is 7.09. The summed E-state index contributed by atoms with van der Waals surface area (Å²) in [6.45, 7) is 12.5. The van der Waals surface area contributed by atoms with E-state index in [1.807, 2.05) is 20.8 Å². The summed E-state index contributed by atoms with van der Waals surface area (Å²) in [6.07, 6.45) is 1.04. The minimum absolute atomic E-state index is 0.131. The van der Waals surface area contributed by atoms with E-state index < -0.39 is 53.5 Å². The van der Waals surface area contributed by atoms with Crippen LogP contribution in [0.4, 0.5) is 4.39 Å². The molecule has 0 unspecified atom stereocenters. The normalized spacial score (nSPS) is 35.9. The lowest BCUT2D eigenvalue weighted by Gasteiger charge is -2.35. The average Bonchev–Trinajstić information content (AvgIpc) is 3.27. The summed E-state index contributed by atoms with van der Waals surface area (Å²) in [5.41, 5.74) is -1.39. The number of nitrogens with zero attached hydrogens (tertiary/aromatic N) is 1. The topological polar surface area (TPSA) is 109 Å². The molecule has 7 nitrogen and oxygen atoms in total. The van der Waals surface area contributed by atoms with Crippen molar-refractivity contribution in [2.75, 3.05) is 0 Å². The van der Waals surface area contributed by atoms with Crippen LogP contribution in [0.5, 0.6) is 0 Å². The Morgan fingerprint density at radius 2 is 2.03 bits per heavy atom.